The van der Waals surface area contributed by atoms with Crippen LogP contribution in [0, 0.1) is 0 Å². The van der Waals surface area contributed by atoms with E-state index in [2.05, 4.69) is 0 Å². The van der Waals surface area contributed by atoms with Gasteiger partial charge >= 0.3 is 0 Å². The van der Waals surface area contributed by atoms with Crippen LogP contribution >= 0.6 is 46.4 Å². The molecule has 0 unspecified atom stereocenters. The van der Waals surface area contributed by atoms with Crippen LogP contribution in [0.25, 0.3) is 0 Å². The zero-order valence-electron chi connectivity index (χ0n) is 13.7. The van der Waals surface area contributed by atoms with Crippen molar-refractivity contribution in [2.75, 3.05) is 25.6 Å². The molecule has 0 bridgehead atoms. The van der Waals surface area contributed by atoms with Crippen LogP contribution in [-0.2, 0) is 0 Å². The topological polar surface area (TPSA) is 53.7 Å². The summed E-state index contributed by atoms with van der Waals surface area (Å²) in [5.41, 5.74) is 6.32. The Labute approximate surface area is 172 Å². The van der Waals surface area contributed by atoms with Crippen molar-refractivity contribution in [3.05, 3.63) is 57.0 Å². The van der Waals surface area contributed by atoms with Crippen molar-refractivity contribution in [2.45, 2.75) is 6.42 Å². The molecule has 0 saturated heterocycles. The Morgan fingerprint density at radius 1 is 0.885 bits per heavy atom. The molecule has 0 atom stereocenters. The Kier molecular flexibility index (Phi) is 8.52. The first kappa shape index (κ1) is 20.8. The molecule has 2 N–H and O–H groups in total. The molecule has 0 amide bonds. The van der Waals surface area contributed by atoms with Gasteiger partial charge in [-0.15, -0.1) is 0 Å². The minimum atomic E-state index is 0.128. The summed E-state index contributed by atoms with van der Waals surface area (Å²) in [4.78, 5) is 0. The van der Waals surface area contributed by atoms with Gasteiger partial charge in [0.25, 0.3) is 0 Å². The average Bonchev–Trinajstić information content (AvgIpc) is 2.58. The molecule has 0 spiro atoms. The molecule has 0 heterocycles. The summed E-state index contributed by atoms with van der Waals surface area (Å²) < 4.78 is 16.8. The molecule has 4 nitrogen and oxygen atoms in total. The minimum absolute atomic E-state index is 0.128. The number of hydrogen-bond donors (Lipinski definition) is 1. The third kappa shape index (κ3) is 7.04. The SMILES string of the molecule is Nc1ccc(OCCCOc2c(Cl)cc(OCC=C(Cl)Cl)cc2Cl)cc1. The Balaban J connectivity index is 1.79. The number of benzene rings is 2. The van der Waals surface area contributed by atoms with Gasteiger partial charge in [0, 0.05) is 24.2 Å². The van der Waals surface area contributed by atoms with Gasteiger partial charge in [-0.2, -0.15) is 0 Å². The molecule has 0 aromatic heterocycles. The molecule has 0 saturated carbocycles. The second-order valence-corrected chi connectivity index (χ2v) is 6.96. The van der Waals surface area contributed by atoms with E-state index in [4.69, 9.17) is 66.3 Å². The van der Waals surface area contributed by atoms with Gasteiger partial charge < -0.3 is 19.9 Å². The number of nitrogens with two attached hydrogens (primary N) is 1. The normalized spacial score (nSPS) is 10.3. The van der Waals surface area contributed by atoms with Gasteiger partial charge in [-0.25, -0.2) is 0 Å². The number of hydrogen-bond acceptors (Lipinski definition) is 4. The highest BCUT2D eigenvalue weighted by atomic mass is 35.5. The first-order chi connectivity index (χ1) is 12.5. The van der Waals surface area contributed by atoms with Crippen LogP contribution in [0.4, 0.5) is 5.69 Å². The van der Waals surface area contributed by atoms with Crippen molar-refractivity contribution in [1.82, 2.24) is 0 Å². The molecular weight excluding hydrogens is 420 g/mol. The summed E-state index contributed by atoms with van der Waals surface area (Å²) in [6, 6.07) is 10.4. The van der Waals surface area contributed by atoms with Gasteiger partial charge in [-0.05, 0) is 30.3 Å². The maximum atomic E-state index is 6.20. The fourth-order valence-corrected chi connectivity index (χ4v) is 2.65. The predicted molar refractivity (Wildman–Crippen MR) is 108 cm³/mol. The Morgan fingerprint density at radius 3 is 2.12 bits per heavy atom. The third-order valence-corrected chi connectivity index (χ3v) is 4.01. The Bertz CT molecular complexity index is 724. The molecule has 0 aliphatic heterocycles. The van der Waals surface area contributed by atoms with Crippen molar-refractivity contribution in [3.63, 3.8) is 0 Å². The lowest BCUT2D eigenvalue weighted by Gasteiger charge is -2.12. The van der Waals surface area contributed by atoms with E-state index < -0.39 is 0 Å². The molecule has 2 aromatic rings. The first-order valence-electron chi connectivity index (χ1n) is 7.70. The molecule has 26 heavy (non-hydrogen) atoms. The van der Waals surface area contributed by atoms with Crippen molar-refractivity contribution >= 4 is 52.1 Å². The highest BCUT2D eigenvalue weighted by Gasteiger charge is 2.10. The number of rotatable bonds is 9. The maximum Gasteiger partial charge on any atom is 0.156 e. The highest BCUT2D eigenvalue weighted by molar-refractivity contribution is 6.55. The van der Waals surface area contributed by atoms with E-state index in [1.165, 1.54) is 6.08 Å². The van der Waals surface area contributed by atoms with E-state index in [1.54, 1.807) is 24.3 Å². The monoisotopic (exact) mass is 435 g/mol. The van der Waals surface area contributed by atoms with Crippen LogP contribution in [-0.4, -0.2) is 19.8 Å². The average molecular weight is 437 g/mol. The minimum Gasteiger partial charge on any atom is -0.493 e. The van der Waals surface area contributed by atoms with E-state index in [1.807, 2.05) is 12.1 Å². The molecule has 2 aromatic carbocycles. The van der Waals surface area contributed by atoms with Crippen LogP contribution in [0.5, 0.6) is 17.2 Å². The van der Waals surface area contributed by atoms with Gasteiger partial charge in [-0.1, -0.05) is 46.4 Å². The van der Waals surface area contributed by atoms with Gasteiger partial charge in [-0.3, -0.25) is 0 Å². The lowest BCUT2D eigenvalue weighted by atomic mass is 10.3. The molecular formula is C18H17Cl4NO3. The fraction of sp³-hybridized carbons (Fsp3) is 0.222. The Morgan fingerprint density at radius 2 is 1.50 bits per heavy atom. The smallest absolute Gasteiger partial charge is 0.156 e. The second kappa shape index (κ2) is 10.6. The van der Waals surface area contributed by atoms with Crippen LogP contribution in [0.3, 0.4) is 0 Å². The van der Waals surface area contributed by atoms with E-state index in [0.717, 1.165) is 5.75 Å². The van der Waals surface area contributed by atoms with Crippen LogP contribution in [0.1, 0.15) is 6.42 Å². The summed E-state index contributed by atoms with van der Waals surface area (Å²) in [5, 5.41) is 0.709. The van der Waals surface area contributed by atoms with Crippen molar-refractivity contribution in [1.29, 1.82) is 0 Å². The van der Waals surface area contributed by atoms with Crippen molar-refractivity contribution < 1.29 is 14.2 Å². The summed E-state index contributed by atoms with van der Waals surface area (Å²) in [5.74, 6) is 1.65. The van der Waals surface area contributed by atoms with Crippen molar-refractivity contribution in [2.24, 2.45) is 0 Å². The fourth-order valence-electron chi connectivity index (χ4n) is 1.95. The quantitative estimate of drug-likeness (QED) is 0.379. The van der Waals surface area contributed by atoms with Crippen LogP contribution < -0.4 is 19.9 Å². The molecule has 140 valence electrons. The summed E-state index contributed by atoms with van der Waals surface area (Å²) in [6.45, 7) is 1.10. The molecule has 2 rings (SSSR count). The summed E-state index contributed by atoms with van der Waals surface area (Å²) in [7, 11) is 0. The standard InChI is InChI=1S/C18H17Cl4NO3/c19-15-10-14(25-9-6-17(21)22)11-16(20)18(15)26-8-1-7-24-13-4-2-12(23)3-5-13/h2-6,10-11H,1,7-9,23H2. The van der Waals surface area contributed by atoms with Gasteiger partial charge in [0.1, 0.15) is 22.6 Å². The molecule has 8 heteroatoms. The lowest BCUT2D eigenvalue weighted by molar-refractivity contribution is 0.247. The van der Waals surface area contributed by atoms with Gasteiger partial charge in [0.15, 0.2) is 5.75 Å². The maximum absolute atomic E-state index is 6.20. The highest BCUT2D eigenvalue weighted by Crippen LogP contribution is 2.37. The van der Waals surface area contributed by atoms with Crippen LogP contribution in [0.2, 0.25) is 10.0 Å². The lowest BCUT2D eigenvalue weighted by Crippen LogP contribution is -2.05. The van der Waals surface area contributed by atoms with Gasteiger partial charge in [0.2, 0.25) is 0 Å². The van der Waals surface area contributed by atoms with Gasteiger partial charge in [0.05, 0.1) is 23.3 Å². The second-order valence-electron chi connectivity index (χ2n) is 5.14. The van der Waals surface area contributed by atoms with Crippen LogP contribution in [0.15, 0.2) is 47.0 Å². The Hall–Kier alpha value is -1.46. The number of halogens is 4. The third-order valence-electron chi connectivity index (χ3n) is 3.14. The first-order valence-corrected chi connectivity index (χ1v) is 9.21. The zero-order valence-corrected chi connectivity index (χ0v) is 16.7. The van der Waals surface area contributed by atoms with Crippen molar-refractivity contribution in [3.8, 4) is 17.2 Å². The summed E-state index contributed by atoms with van der Waals surface area (Å²) in [6.07, 6.45) is 2.17. The number of nitrogen functional groups attached to an aromatic ring is 1. The zero-order chi connectivity index (χ0) is 18.9. The number of anilines is 1. The van der Waals surface area contributed by atoms with E-state index in [9.17, 15) is 0 Å². The molecule has 0 radical (unpaired) electrons. The van der Waals surface area contributed by atoms with E-state index in [0.29, 0.717) is 46.9 Å². The van der Waals surface area contributed by atoms with E-state index in [-0.39, 0.29) is 11.1 Å². The largest absolute Gasteiger partial charge is 0.493 e. The molecule has 0 aliphatic rings. The predicted octanol–water partition coefficient (Wildman–Crippen LogP) is 6.12. The number of ether oxygens (including phenoxy) is 3. The molecule has 0 aliphatic carbocycles. The molecule has 0 fully saturated rings. The summed E-state index contributed by atoms with van der Waals surface area (Å²) >= 11 is 23.4. The van der Waals surface area contributed by atoms with E-state index >= 15 is 0 Å².